The molecule has 0 atom stereocenters. The molecule has 0 N–H and O–H groups in total. The van der Waals surface area contributed by atoms with Crippen molar-refractivity contribution in [2.75, 3.05) is 0 Å². The predicted molar refractivity (Wildman–Crippen MR) is 173 cm³/mol. The van der Waals surface area contributed by atoms with E-state index < -0.39 is 23.3 Å². The van der Waals surface area contributed by atoms with Crippen molar-refractivity contribution in [3.8, 4) is 44.5 Å². The van der Waals surface area contributed by atoms with E-state index in [1.165, 1.54) is 42.3 Å². The molecule has 0 saturated carbocycles. The number of hydrogen-bond acceptors (Lipinski definition) is 0. The Morgan fingerprint density at radius 2 is 0.667 bits per heavy atom. The minimum absolute atomic E-state index is 0.0734. The maximum atomic E-state index is 14.5. The lowest BCUT2D eigenvalue weighted by Gasteiger charge is -2.11. The molecule has 0 amide bonds. The summed E-state index contributed by atoms with van der Waals surface area (Å²) >= 11 is 0. The second-order valence-electron chi connectivity index (χ2n) is 11.1. The van der Waals surface area contributed by atoms with Gasteiger partial charge in [0.05, 0.1) is 0 Å². The average molecular weight is 607 g/mol. The van der Waals surface area contributed by atoms with Crippen molar-refractivity contribution in [1.82, 2.24) is 0 Å². The van der Waals surface area contributed by atoms with Gasteiger partial charge in [0.15, 0.2) is 23.3 Å². The first-order valence-corrected chi connectivity index (χ1v) is 14.5. The lowest BCUT2D eigenvalue weighted by atomic mass is 9.97. The summed E-state index contributed by atoms with van der Waals surface area (Å²) in [6, 6.07) is 33.6. The van der Waals surface area contributed by atoms with Gasteiger partial charge in [0.2, 0.25) is 0 Å². The number of benzene rings is 6. The van der Waals surface area contributed by atoms with Gasteiger partial charge in [-0.15, -0.1) is 0 Å². The number of hydrogen-bond donors (Lipinski definition) is 0. The SMILES string of the molecule is Cc1ccc(-c2ccc(-c3ccc(C)c(F)c3F)c(F)c2F)cc1.Cc1ccc(-c2ccc(-c3ccc(C)cc3)c(F)c2)cc1. The molecule has 6 aromatic carbocycles. The summed E-state index contributed by atoms with van der Waals surface area (Å²) in [5.41, 5.74) is 6.96. The van der Waals surface area contributed by atoms with Crippen molar-refractivity contribution in [1.29, 1.82) is 0 Å². The van der Waals surface area contributed by atoms with E-state index in [-0.39, 0.29) is 28.1 Å². The normalized spacial score (nSPS) is 10.8. The van der Waals surface area contributed by atoms with Gasteiger partial charge >= 0.3 is 0 Å². The molecule has 6 aromatic rings. The van der Waals surface area contributed by atoms with Gasteiger partial charge in [-0.25, -0.2) is 22.0 Å². The highest BCUT2D eigenvalue weighted by molar-refractivity contribution is 5.73. The van der Waals surface area contributed by atoms with E-state index in [0.29, 0.717) is 11.1 Å². The molecular weight excluding hydrogens is 575 g/mol. The van der Waals surface area contributed by atoms with Crippen molar-refractivity contribution in [2.45, 2.75) is 27.7 Å². The lowest BCUT2D eigenvalue weighted by Crippen LogP contribution is -1.98. The summed E-state index contributed by atoms with van der Waals surface area (Å²) in [5, 5.41) is 0. The summed E-state index contributed by atoms with van der Waals surface area (Å²) in [6.07, 6.45) is 0. The van der Waals surface area contributed by atoms with Crippen LogP contribution >= 0.6 is 0 Å². The van der Waals surface area contributed by atoms with Crippen LogP contribution < -0.4 is 0 Å². The van der Waals surface area contributed by atoms with E-state index in [0.717, 1.165) is 22.3 Å². The van der Waals surface area contributed by atoms with Gasteiger partial charge in [-0.05, 0) is 61.6 Å². The number of aryl methyl sites for hydroxylation is 4. The average Bonchev–Trinajstić information content (AvgIpc) is 3.03. The zero-order valence-electron chi connectivity index (χ0n) is 25.4. The molecule has 0 nitrogen and oxygen atoms in total. The number of halogens is 5. The van der Waals surface area contributed by atoms with Gasteiger partial charge in [-0.3, -0.25) is 0 Å². The fourth-order valence-electron chi connectivity index (χ4n) is 4.98. The van der Waals surface area contributed by atoms with Crippen LogP contribution in [0.25, 0.3) is 44.5 Å². The molecule has 0 aromatic heterocycles. The van der Waals surface area contributed by atoms with Crippen molar-refractivity contribution in [2.24, 2.45) is 0 Å². The first kappa shape index (κ1) is 31.4. The Morgan fingerprint density at radius 3 is 1.18 bits per heavy atom. The van der Waals surface area contributed by atoms with Gasteiger partial charge < -0.3 is 0 Å². The molecule has 6 rings (SSSR count). The highest BCUT2D eigenvalue weighted by Gasteiger charge is 2.20. The molecule has 5 heteroatoms. The van der Waals surface area contributed by atoms with Gasteiger partial charge in [0, 0.05) is 22.3 Å². The van der Waals surface area contributed by atoms with E-state index in [2.05, 4.69) is 0 Å². The van der Waals surface area contributed by atoms with E-state index in [4.69, 9.17) is 0 Å². The van der Waals surface area contributed by atoms with Crippen LogP contribution in [0.2, 0.25) is 0 Å². The van der Waals surface area contributed by atoms with E-state index in [1.54, 1.807) is 30.3 Å². The Kier molecular flexibility index (Phi) is 9.29. The van der Waals surface area contributed by atoms with Crippen molar-refractivity contribution in [3.05, 3.63) is 167 Å². The Morgan fingerprint density at radius 1 is 0.311 bits per heavy atom. The van der Waals surface area contributed by atoms with Crippen molar-refractivity contribution < 1.29 is 22.0 Å². The first-order chi connectivity index (χ1) is 21.5. The van der Waals surface area contributed by atoms with Crippen LogP contribution in [0.1, 0.15) is 22.3 Å². The predicted octanol–water partition coefficient (Wildman–Crippen LogP) is 12.0. The van der Waals surface area contributed by atoms with Gasteiger partial charge in [0.25, 0.3) is 0 Å². The minimum Gasteiger partial charge on any atom is -0.206 e. The fraction of sp³-hybridized carbons (Fsp3) is 0.100. The lowest BCUT2D eigenvalue weighted by molar-refractivity contribution is 0.499. The molecule has 0 radical (unpaired) electrons. The molecule has 0 heterocycles. The Balaban J connectivity index is 0.000000179. The summed E-state index contributed by atoms with van der Waals surface area (Å²) in [6.45, 7) is 7.36. The fourth-order valence-corrected chi connectivity index (χ4v) is 4.98. The van der Waals surface area contributed by atoms with Crippen LogP contribution in [0.15, 0.2) is 115 Å². The zero-order chi connectivity index (χ0) is 32.2. The van der Waals surface area contributed by atoms with E-state index in [9.17, 15) is 22.0 Å². The van der Waals surface area contributed by atoms with E-state index >= 15 is 0 Å². The third-order valence-electron chi connectivity index (χ3n) is 7.73. The van der Waals surface area contributed by atoms with E-state index in [1.807, 2.05) is 81.4 Å². The molecule has 0 bridgehead atoms. The molecule has 0 aliphatic rings. The van der Waals surface area contributed by atoms with Crippen LogP contribution in [-0.4, -0.2) is 0 Å². The Labute approximate surface area is 260 Å². The summed E-state index contributed by atoms with van der Waals surface area (Å²) in [5.74, 6) is -4.71. The Bertz CT molecular complexity index is 1960. The van der Waals surface area contributed by atoms with Crippen LogP contribution in [0.4, 0.5) is 22.0 Å². The maximum Gasteiger partial charge on any atom is 0.167 e. The van der Waals surface area contributed by atoms with Gasteiger partial charge in [-0.1, -0.05) is 126 Å². The Hall–Kier alpha value is -5.03. The maximum absolute atomic E-state index is 14.5. The molecule has 0 unspecified atom stereocenters. The van der Waals surface area contributed by atoms with Crippen LogP contribution in [0, 0.1) is 56.8 Å². The molecule has 0 saturated heterocycles. The summed E-state index contributed by atoms with van der Waals surface area (Å²) < 4.78 is 71.1. The molecule has 0 fully saturated rings. The first-order valence-electron chi connectivity index (χ1n) is 14.5. The largest absolute Gasteiger partial charge is 0.206 e. The molecule has 0 aliphatic carbocycles. The molecule has 0 aliphatic heterocycles. The molecule has 0 spiro atoms. The van der Waals surface area contributed by atoms with Crippen LogP contribution in [-0.2, 0) is 0 Å². The second-order valence-corrected chi connectivity index (χ2v) is 11.1. The van der Waals surface area contributed by atoms with Gasteiger partial charge in [-0.2, -0.15) is 0 Å². The summed E-state index contributed by atoms with van der Waals surface area (Å²) in [4.78, 5) is 0. The third-order valence-corrected chi connectivity index (χ3v) is 7.73. The molecule has 226 valence electrons. The zero-order valence-corrected chi connectivity index (χ0v) is 25.4. The van der Waals surface area contributed by atoms with Gasteiger partial charge in [0.1, 0.15) is 5.82 Å². The second kappa shape index (κ2) is 13.3. The highest BCUT2D eigenvalue weighted by Crippen LogP contribution is 2.34. The number of rotatable bonds is 4. The van der Waals surface area contributed by atoms with Crippen molar-refractivity contribution >= 4 is 0 Å². The third kappa shape index (κ3) is 6.88. The monoisotopic (exact) mass is 606 g/mol. The summed E-state index contributed by atoms with van der Waals surface area (Å²) in [7, 11) is 0. The smallest absolute Gasteiger partial charge is 0.167 e. The molecule has 45 heavy (non-hydrogen) atoms. The highest BCUT2D eigenvalue weighted by atomic mass is 19.2. The van der Waals surface area contributed by atoms with Crippen LogP contribution in [0.3, 0.4) is 0 Å². The van der Waals surface area contributed by atoms with Crippen molar-refractivity contribution in [3.63, 3.8) is 0 Å². The molecular formula is C40H31F5. The quantitative estimate of drug-likeness (QED) is 0.175. The standard InChI is InChI=1S/C20H14F4.C20H17F/c1-11-3-6-13(7-4-11)14-9-10-16(20(24)18(14)22)15-8-5-12(2)17(21)19(15)23;1-14-3-7-16(8-4-14)18-11-12-19(20(21)13-18)17-9-5-15(2)6-10-17/h3-10H,1-2H3;3-13H,1-2H3. The topological polar surface area (TPSA) is 0 Å². The van der Waals surface area contributed by atoms with Crippen LogP contribution in [0.5, 0.6) is 0 Å². The minimum atomic E-state index is -1.20.